The van der Waals surface area contributed by atoms with Crippen LogP contribution in [0.5, 0.6) is 5.75 Å². The molecule has 9 heteroatoms. The van der Waals surface area contributed by atoms with Crippen molar-refractivity contribution in [1.29, 1.82) is 0 Å². The molecule has 3 N–H and O–H groups in total. The lowest BCUT2D eigenvalue weighted by Crippen LogP contribution is -2.42. The number of benzene rings is 1. The third-order valence-electron chi connectivity index (χ3n) is 6.53. The molecule has 5 rings (SSSR count). The summed E-state index contributed by atoms with van der Waals surface area (Å²) in [6.07, 6.45) is 12.4. The number of amides is 1. The number of carbonyl (C=O) groups excluding carboxylic acids is 1. The number of nitrogens with zero attached hydrogens (tertiary/aromatic N) is 2. The fourth-order valence-corrected chi connectivity index (χ4v) is 4.93. The zero-order valence-electron chi connectivity index (χ0n) is 21.9. The predicted octanol–water partition coefficient (Wildman–Crippen LogP) is 5.85. The maximum atomic E-state index is 12.7. The molecule has 2 aliphatic rings. The lowest BCUT2D eigenvalue weighted by atomic mass is 9.88. The lowest BCUT2D eigenvalue weighted by molar-refractivity contribution is 0.0487. The Morgan fingerprint density at radius 2 is 2.03 bits per heavy atom. The molecule has 1 amide bonds. The minimum atomic E-state index is -0.598. The minimum Gasteiger partial charge on any atom is -0.491 e. The Morgan fingerprint density at radius 3 is 2.84 bits per heavy atom. The zero-order chi connectivity index (χ0) is 26.9. The highest BCUT2D eigenvalue weighted by atomic mass is 35.5. The molecule has 3 heterocycles. The van der Waals surface area contributed by atoms with Gasteiger partial charge in [0.2, 0.25) is 0 Å². The fraction of sp³-hybridized carbons (Fsp3) is 0.345. The number of aromatic amines is 1. The fourth-order valence-electron chi connectivity index (χ4n) is 4.70. The molecule has 198 valence electrons. The van der Waals surface area contributed by atoms with Crippen molar-refractivity contribution < 1.29 is 14.3 Å². The summed E-state index contributed by atoms with van der Waals surface area (Å²) in [5, 5.41) is 15.1. The van der Waals surface area contributed by atoms with Gasteiger partial charge in [0.25, 0.3) is 0 Å². The molecule has 1 aliphatic heterocycles. The van der Waals surface area contributed by atoms with Gasteiger partial charge in [0.05, 0.1) is 12.1 Å². The summed E-state index contributed by atoms with van der Waals surface area (Å²) in [7, 11) is 0. The van der Waals surface area contributed by atoms with Crippen LogP contribution in [0.1, 0.15) is 32.9 Å². The Hall–Kier alpha value is -3.78. The van der Waals surface area contributed by atoms with Gasteiger partial charge >= 0.3 is 6.09 Å². The highest BCUT2D eigenvalue weighted by Crippen LogP contribution is 2.33. The molecule has 8 nitrogen and oxygen atoms in total. The maximum absolute atomic E-state index is 12.7. The van der Waals surface area contributed by atoms with Crippen LogP contribution in [0.25, 0.3) is 22.2 Å². The first-order valence-corrected chi connectivity index (χ1v) is 13.1. The van der Waals surface area contributed by atoms with Crippen molar-refractivity contribution in [2.24, 2.45) is 5.92 Å². The van der Waals surface area contributed by atoms with Crippen LogP contribution in [0.3, 0.4) is 0 Å². The van der Waals surface area contributed by atoms with Crippen LogP contribution in [0.15, 0.2) is 66.5 Å². The quantitative estimate of drug-likeness (QED) is 0.352. The van der Waals surface area contributed by atoms with Gasteiger partial charge in [0.15, 0.2) is 5.65 Å². The molecule has 0 fully saturated rings. The van der Waals surface area contributed by atoms with Crippen molar-refractivity contribution >= 4 is 28.7 Å². The maximum Gasteiger partial charge on any atom is 0.408 e. The summed E-state index contributed by atoms with van der Waals surface area (Å²) in [5.41, 5.74) is 3.88. The number of halogens is 1. The van der Waals surface area contributed by atoms with Crippen LogP contribution < -0.4 is 15.4 Å². The first-order valence-electron chi connectivity index (χ1n) is 12.7. The summed E-state index contributed by atoms with van der Waals surface area (Å²) in [4.78, 5) is 17.1. The van der Waals surface area contributed by atoms with E-state index in [0.29, 0.717) is 22.8 Å². The predicted molar refractivity (Wildman–Crippen MR) is 149 cm³/mol. The lowest BCUT2D eigenvalue weighted by Gasteiger charge is -2.26. The third-order valence-corrected chi connectivity index (χ3v) is 6.86. The normalized spacial score (nSPS) is 19.0. The number of H-pyrrole nitrogens is 1. The van der Waals surface area contributed by atoms with Gasteiger partial charge in [-0.15, -0.1) is 0 Å². The van der Waals surface area contributed by atoms with E-state index >= 15 is 0 Å². The molecule has 2 aromatic heterocycles. The van der Waals surface area contributed by atoms with Crippen molar-refractivity contribution in [1.82, 2.24) is 25.8 Å². The van der Waals surface area contributed by atoms with Gasteiger partial charge in [-0.25, -0.2) is 9.78 Å². The topological polar surface area (TPSA) is 101 Å². The molecule has 2 unspecified atom stereocenters. The van der Waals surface area contributed by atoms with Crippen molar-refractivity contribution in [2.75, 3.05) is 6.61 Å². The van der Waals surface area contributed by atoms with Gasteiger partial charge in [-0.2, -0.15) is 5.10 Å². The molecule has 0 saturated heterocycles. The van der Waals surface area contributed by atoms with E-state index in [0.717, 1.165) is 22.2 Å². The summed E-state index contributed by atoms with van der Waals surface area (Å²) in [6.45, 7) is 7.75. The largest absolute Gasteiger partial charge is 0.491 e. The van der Waals surface area contributed by atoms with Gasteiger partial charge in [-0.05, 0) is 70.2 Å². The number of ether oxygens (including phenoxy) is 2. The second kappa shape index (κ2) is 10.5. The molecule has 0 spiro atoms. The van der Waals surface area contributed by atoms with Crippen LogP contribution in [0, 0.1) is 12.8 Å². The number of allylic oxidation sites excluding steroid dienone is 2. The van der Waals surface area contributed by atoms with Crippen molar-refractivity contribution in [3.8, 4) is 16.9 Å². The second-order valence-corrected chi connectivity index (χ2v) is 11.1. The standard InChI is InChI=1S/C29H32ClN5O3/c1-17-23-12-19(15-32-27(23)35-34-17)24-13-21(9-10-25(24)30)37-16-20(33-28(36)38-29(2,3)4)11-18-14-31-26-8-6-5-7-22(18)26/h5-10,12-15,20,22,26,31H,11,16H2,1-4H3,(H,33,36)(H,32,34,35)/t20-,22?,26?/m0/s1. The van der Waals surface area contributed by atoms with E-state index in [4.69, 9.17) is 21.1 Å². The second-order valence-electron chi connectivity index (χ2n) is 10.7. The van der Waals surface area contributed by atoms with Gasteiger partial charge in [0.1, 0.15) is 18.0 Å². The van der Waals surface area contributed by atoms with Crippen molar-refractivity contribution in [3.05, 3.63) is 77.3 Å². The summed E-state index contributed by atoms with van der Waals surface area (Å²) in [6, 6.07) is 7.48. The van der Waals surface area contributed by atoms with Crippen molar-refractivity contribution in [2.45, 2.75) is 51.8 Å². The van der Waals surface area contributed by atoms with Gasteiger partial charge in [-0.3, -0.25) is 5.10 Å². The van der Waals surface area contributed by atoms with Crippen molar-refractivity contribution in [3.63, 3.8) is 0 Å². The molecule has 3 atom stereocenters. The van der Waals surface area contributed by atoms with E-state index in [9.17, 15) is 4.79 Å². The average Bonchev–Trinajstić information content (AvgIpc) is 3.45. The van der Waals surface area contributed by atoms with Crippen LogP contribution in [-0.4, -0.2) is 45.6 Å². The Labute approximate surface area is 227 Å². The van der Waals surface area contributed by atoms with E-state index in [1.165, 1.54) is 5.57 Å². The number of rotatable bonds is 7. The van der Waals surface area contributed by atoms with E-state index < -0.39 is 11.7 Å². The Kier molecular flexibility index (Phi) is 7.17. The first kappa shape index (κ1) is 25.9. The molecule has 3 aromatic rings. The molecule has 0 bridgehead atoms. The number of aryl methyl sites for hydroxylation is 1. The van der Waals surface area contributed by atoms with E-state index in [-0.39, 0.29) is 24.6 Å². The van der Waals surface area contributed by atoms with E-state index in [2.05, 4.69) is 44.0 Å². The minimum absolute atomic E-state index is 0.238. The Balaban J connectivity index is 1.33. The smallest absolute Gasteiger partial charge is 0.408 e. The van der Waals surface area contributed by atoms with Crippen LogP contribution in [-0.2, 0) is 4.74 Å². The van der Waals surface area contributed by atoms with Gasteiger partial charge < -0.3 is 20.1 Å². The van der Waals surface area contributed by atoms with Crippen LogP contribution in [0.4, 0.5) is 4.79 Å². The zero-order valence-corrected chi connectivity index (χ0v) is 22.7. The molecule has 0 saturated carbocycles. The summed E-state index contributed by atoms with van der Waals surface area (Å²) >= 11 is 6.56. The molecular weight excluding hydrogens is 502 g/mol. The molecule has 1 aromatic carbocycles. The molecule has 0 radical (unpaired) electrons. The monoisotopic (exact) mass is 533 g/mol. The highest BCUT2D eigenvalue weighted by molar-refractivity contribution is 6.33. The number of carbonyl (C=O) groups is 1. The number of fused-ring (bicyclic) bond motifs is 2. The summed E-state index contributed by atoms with van der Waals surface area (Å²) < 4.78 is 11.7. The number of aromatic nitrogens is 3. The molecule has 38 heavy (non-hydrogen) atoms. The number of alkyl carbamates (subject to hydrolysis) is 1. The first-order chi connectivity index (χ1) is 18.2. The number of hydrogen-bond acceptors (Lipinski definition) is 6. The third kappa shape index (κ3) is 5.86. The molecule has 1 aliphatic carbocycles. The number of nitrogens with one attached hydrogen (secondary N) is 3. The SMILES string of the molecule is Cc1[nH]nc2ncc(-c3cc(OC[C@H](CC4=CNC5C=CC=CC45)NC(=O)OC(C)(C)C)ccc3Cl)cc12. The van der Waals surface area contributed by atoms with Crippen LogP contribution in [0.2, 0.25) is 5.02 Å². The van der Waals surface area contributed by atoms with Gasteiger partial charge in [0, 0.05) is 39.3 Å². The number of hydrogen-bond donors (Lipinski definition) is 3. The molecular formula is C29H32ClN5O3. The Morgan fingerprint density at radius 1 is 1.21 bits per heavy atom. The van der Waals surface area contributed by atoms with E-state index in [1.54, 1.807) is 6.20 Å². The number of pyridine rings is 1. The Bertz CT molecular complexity index is 1440. The van der Waals surface area contributed by atoms with Gasteiger partial charge in [-0.1, -0.05) is 35.9 Å². The highest BCUT2D eigenvalue weighted by Gasteiger charge is 2.30. The van der Waals surface area contributed by atoms with E-state index in [1.807, 2.05) is 64.2 Å². The average molecular weight is 534 g/mol. The van der Waals surface area contributed by atoms with Crippen LogP contribution >= 0.6 is 11.6 Å². The summed E-state index contributed by atoms with van der Waals surface area (Å²) in [5.74, 6) is 0.889.